The summed E-state index contributed by atoms with van der Waals surface area (Å²) in [5.74, 6) is -1.95. The van der Waals surface area contributed by atoms with E-state index in [9.17, 15) is 36.8 Å². The van der Waals surface area contributed by atoms with Crippen molar-refractivity contribution in [3.8, 4) is 0 Å². The third-order valence-corrected chi connectivity index (χ3v) is 9.00. The number of aliphatic hydroxyl groups excluding tert-OH is 1. The number of anilines is 1. The lowest BCUT2D eigenvalue weighted by atomic mass is 9.89. The maximum Gasteiger partial charge on any atom is 0.419 e. The highest BCUT2D eigenvalue weighted by molar-refractivity contribution is 7.92. The highest BCUT2D eigenvalue weighted by Crippen LogP contribution is 2.35. The molecule has 2 atom stereocenters. The Morgan fingerprint density at radius 1 is 1.20 bits per heavy atom. The van der Waals surface area contributed by atoms with Crippen LogP contribution in [0, 0.1) is 12.7 Å². The van der Waals surface area contributed by atoms with Crippen LogP contribution in [0.4, 0.5) is 23.2 Å². The molecule has 0 radical (unpaired) electrons. The number of benzene rings is 2. The molecule has 0 aromatic heterocycles. The summed E-state index contributed by atoms with van der Waals surface area (Å²) >= 11 is -1.52. The minimum absolute atomic E-state index is 0.0353. The number of aliphatic hydroxyl groups is 1. The van der Waals surface area contributed by atoms with Gasteiger partial charge in [-0.1, -0.05) is 6.07 Å². The minimum atomic E-state index is -4.89. The van der Waals surface area contributed by atoms with Crippen molar-refractivity contribution in [1.82, 2.24) is 9.62 Å². The van der Waals surface area contributed by atoms with Crippen LogP contribution in [0.5, 0.6) is 0 Å². The van der Waals surface area contributed by atoms with Gasteiger partial charge in [-0.2, -0.15) is 13.2 Å². The van der Waals surface area contributed by atoms with Gasteiger partial charge >= 0.3 is 6.18 Å². The Morgan fingerprint density at radius 3 is 2.59 bits per heavy atom. The van der Waals surface area contributed by atoms with Crippen LogP contribution in [-0.4, -0.2) is 62.9 Å². The topological polar surface area (TPSA) is 108 Å². The van der Waals surface area contributed by atoms with Gasteiger partial charge in [0.25, 0.3) is 5.91 Å². The first-order valence-corrected chi connectivity index (χ1v) is 14.2. The zero-order valence-electron chi connectivity index (χ0n) is 22.1. The van der Waals surface area contributed by atoms with E-state index in [1.807, 2.05) is 19.1 Å². The van der Waals surface area contributed by atoms with Gasteiger partial charge in [0.05, 0.1) is 29.6 Å². The number of carbonyl (C=O) groups is 2. The van der Waals surface area contributed by atoms with Gasteiger partial charge in [0.15, 0.2) is 0 Å². The summed E-state index contributed by atoms with van der Waals surface area (Å²) in [5, 5.41) is 13.7. The first kappa shape index (κ1) is 29.2. The van der Waals surface area contributed by atoms with E-state index in [1.165, 1.54) is 5.41 Å². The van der Waals surface area contributed by atoms with Gasteiger partial charge in [0, 0.05) is 30.8 Å². The Labute approximate surface area is 237 Å². The molecule has 218 valence electrons. The van der Waals surface area contributed by atoms with Crippen molar-refractivity contribution in [2.75, 3.05) is 24.6 Å². The SMILES string of the molecule is Cc1cc(N2C(=O)CC[C@@H]2CO)ccc1/C=C/[S+]([O-])N1CCC2(CC1)N=C(c1ccc(F)c(C(F)(F)F)c1)NC2=O. The number of hydrogen-bond acceptors (Lipinski definition) is 6. The smallest absolute Gasteiger partial charge is 0.419 e. The van der Waals surface area contributed by atoms with E-state index in [0.717, 1.165) is 17.2 Å². The van der Waals surface area contributed by atoms with Crippen molar-refractivity contribution in [3.63, 3.8) is 0 Å². The maximum atomic E-state index is 13.7. The summed E-state index contributed by atoms with van der Waals surface area (Å²) in [4.78, 5) is 31.1. The number of piperidine rings is 1. The summed E-state index contributed by atoms with van der Waals surface area (Å²) in [6.45, 7) is 2.28. The molecule has 2 saturated heterocycles. The molecule has 13 heteroatoms. The van der Waals surface area contributed by atoms with Crippen LogP contribution in [0.25, 0.3) is 6.08 Å². The Balaban J connectivity index is 1.24. The fourth-order valence-electron chi connectivity index (χ4n) is 5.40. The second-order valence-electron chi connectivity index (χ2n) is 10.3. The third-order valence-electron chi connectivity index (χ3n) is 7.76. The Kier molecular flexibility index (Phi) is 7.99. The highest BCUT2D eigenvalue weighted by atomic mass is 32.2. The normalized spacial score (nSPS) is 22.1. The van der Waals surface area contributed by atoms with Crippen molar-refractivity contribution in [3.05, 3.63) is 69.9 Å². The Morgan fingerprint density at radius 2 is 1.93 bits per heavy atom. The predicted molar refractivity (Wildman–Crippen MR) is 146 cm³/mol. The molecule has 3 heterocycles. The zero-order valence-corrected chi connectivity index (χ0v) is 22.9. The lowest BCUT2D eigenvalue weighted by molar-refractivity contribution is -0.140. The molecule has 2 aromatic rings. The Bertz CT molecular complexity index is 1420. The van der Waals surface area contributed by atoms with Gasteiger partial charge in [0.1, 0.15) is 22.6 Å². The number of hydrogen-bond donors (Lipinski definition) is 2. The average Bonchev–Trinajstić information content (AvgIpc) is 3.46. The lowest BCUT2D eigenvalue weighted by Gasteiger charge is -2.34. The molecule has 0 saturated carbocycles. The van der Waals surface area contributed by atoms with Gasteiger partial charge in [-0.15, -0.1) is 4.31 Å². The number of nitrogens with zero attached hydrogens (tertiary/aromatic N) is 3. The van der Waals surface area contributed by atoms with Crippen LogP contribution < -0.4 is 10.2 Å². The number of carbonyl (C=O) groups excluding carboxylic acids is 2. The number of halogens is 4. The first-order valence-electron chi connectivity index (χ1n) is 13.1. The average molecular weight is 593 g/mol. The van der Waals surface area contributed by atoms with Gasteiger partial charge in [-0.3, -0.25) is 14.6 Å². The molecule has 8 nitrogen and oxygen atoms in total. The van der Waals surface area contributed by atoms with Crippen molar-refractivity contribution in [2.24, 2.45) is 4.99 Å². The second kappa shape index (κ2) is 11.2. The Hall–Kier alpha value is -3.26. The van der Waals surface area contributed by atoms with E-state index in [4.69, 9.17) is 0 Å². The van der Waals surface area contributed by atoms with E-state index in [-0.39, 0.29) is 55.9 Å². The standard InChI is InChI=1S/C28H28F4N4O4S/c1-17-14-20(36-21(16-37)5-7-24(36)38)4-2-18(17)8-13-41(40)35-11-9-27(10-12-35)26(39)33-25(34-27)19-3-6-23(29)22(15-19)28(30,31)32/h2-4,6,8,13-15,21,37H,5,7,9-12,16H2,1H3,(H,33,34,39)/b13-8+/t21-,41?/m1/s1. The summed E-state index contributed by atoms with van der Waals surface area (Å²) in [6, 6.07) is 7.69. The first-order chi connectivity index (χ1) is 19.4. The summed E-state index contributed by atoms with van der Waals surface area (Å²) in [7, 11) is 0. The maximum absolute atomic E-state index is 13.7. The van der Waals surface area contributed by atoms with Crippen molar-refractivity contribution in [1.29, 1.82) is 0 Å². The van der Waals surface area contributed by atoms with Crippen molar-refractivity contribution < 1.29 is 36.8 Å². The summed E-state index contributed by atoms with van der Waals surface area (Å²) in [6.07, 6.45) is -1.76. The summed E-state index contributed by atoms with van der Waals surface area (Å²) in [5.41, 5.74) is -0.297. The van der Waals surface area contributed by atoms with E-state index in [1.54, 1.807) is 21.3 Å². The number of aliphatic imine (C=N–C) groups is 1. The fraction of sp³-hybridized carbons (Fsp3) is 0.393. The van der Waals surface area contributed by atoms with Crippen LogP contribution in [0.3, 0.4) is 0 Å². The quantitative estimate of drug-likeness (QED) is 0.393. The third kappa shape index (κ3) is 5.76. The number of rotatable bonds is 6. The van der Waals surface area contributed by atoms with Gasteiger partial charge in [-0.05, 0) is 73.7 Å². The van der Waals surface area contributed by atoms with Gasteiger partial charge in [-0.25, -0.2) is 4.39 Å². The molecule has 0 bridgehead atoms. The predicted octanol–water partition coefficient (Wildman–Crippen LogP) is 3.69. The molecule has 3 aliphatic heterocycles. The molecule has 1 spiro atoms. The molecule has 2 N–H and O–H groups in total. The van der Waals surface area contributed by atoms with E-state index < -0.39 is 40.4 Å². The van der Waals surface area contributed by atoms with E-state index in [0.29, 0.717) is 30.7 Å². The van der Waals surface area contributed by atoms with E-state index >= 15 is 0 Å². The molecule has 41 heavy (non-hydrogen) atoms. The number of nitrogens with one attached hydrogen (secondary N) is 1. The molecule has 2 fully saturated rings. The minimum Gasteiger partial charge on any atom is -0.593 e. The molecule has 2 aromatic carbocycles. The van der Waals surface area contributed by atoms with Crippen LogP contribution in [0.1, 0.15) is 47.9 Å². The molecular weight excluding hydrogens is 564 g/mol. The number of alkyl halides is 3. The fourth-order valence-corrected chi connectivity index (χ4v) is 6.38. The van der Waals surface area contributed by atoms with Crippen LogP contribution in [-0.2, 0) is 27.1 Å². The highest BCUT2D eigenvalue weighted by Gasteiger charge is 2.48. The lowest BCUT2D eigenvalue weighted by Crippen LogP contribution is -2.50. The second-order valence-corrected chi connectivity index (χ2v) is 11.7. The van der Waals surface area contributed by atoms with Crippen LogP contribution >= 0.6 is 0 Å². The number of aryl methyl sites for hydroxylation is 1. The van der Waals surface area contributed by atoms with E-state index in [2.05, 4.69) is 10.3 Å². The molecular formula is C28H28F4N4O4S. The summed E-state index contributed by atoms with van der Waals surface area (Å²) < 4.78 is 67.8. The molecule has 3 aliphatic rings. The number of amides is 2. The monoisotopic (exact) mass is 592 g/mol. The van der Waals surface area contributed by atoms with Crippen LogP contribution in [0.15, 0.2) is 46.8 Å². The molecule has 1 unspecified atom stereocenters. The largest absolute Gasteiger partial charge is 0.593 e. The van der Waals surface area contributed by atoms with Gasteiger partial charge < -0.3 is 19.9 Å². The molecule has 0 aliphatic carbocycles. The molecule has 5 rings (SSSR count). The van der Waals surface area contributed by atoms with Crippen molar-refractivity contribution in [2.45, 2.75) is 50.4 Å². The molecule has 2 amide bonds. The van der Waals surface area contributed by atoms with Crippen LogP contribution in [0.2, 0.25) is 0 Å². The number of amidine groups is 1. The van der Waals surface area contributed by atoms with Crippen molar-refractivity contribution >= 4 is 40.8 Å². The zero-order chi connectivity index (χ0) is 29.5. The van der Waals surface area contributed by atoms with Gasteiger partial charge in [0.2, 0.25) is 5.91 Å².